The fourth-order valence-electron chi connectivity index (χ4n) is 2.79. The number of nitriles is 1. The Kier molecular flexibility index (Phi) is 6.67. The third-order valence-corrected chi connectivity index (χ3v) is 9.96. The van der Waals surface area contributed by atoms with E-state index >= 15 is 0 Å². The van der Waals surface area contributed by atoms with Gasteiger partial charge in [0.15, 0.2) is 0 Å². The van der Waals surface area contributed by atoms with E-state index in [0.717, 1.165) is 5.56 Å². The molecular formula is C24H31NOSi. The SMILES string of the molecule is CC(C)(C)[Si](C)(C)O/C=C\CC(C#N)(Cc1ccccc1)c1ccccc1. The van der Waals surface area contributed by atoms with Gasteiger partial charge in [-0.25, -0.2) is 0 Å². The Morgan fingerprint density at radius 1 is 0.963 bits per heavy atom. The first-order chi connectivity index (χ1) is 12.7. The smallest absolute Gasteiger partial charge is 0.249 e. The Labute approximate surface area is 165 Å². The summed E-state index contributed by atoms with van der Waals surface area (Å²) in [5.41, 5.74) is 1.62. The first kappa shape index (κ1) is 21.0. The van der Waals surface area contributed by atoms with Gasteiger partial charge in [-0.1, -0.05) is 81.4 Å². The molecule has 0 amide bonds. The Bertz CT molecular complexity index is 785. The van der Waals surface area contributed by atoms with Crippen LogP contribution in [0.15, 0.2) is 73.0 Å². The molecule has 0 aromatic heterocycles. The second-order valence-electron chi connectivity index (χ2n) is 8.68. The lowest BCUT2D eigenvalue weighted by Crippen LogP contribution is -2.39. The lowest BCUT2D eigenvalue weighted by molar-refractivity contribution is 0.425. The molecule has 0 spiro atoms. The van der Waals surface area contributed by atoms with Crippen LogP contribution in [0.4, 0.5) is 0 Å². The predicted octanol–water partition coefficient (Wildman–Crippen LogP) is 6.62. The van der Waals surface area contributed by atoms with Gasteiger partial charge in [-0.3, -0.25) is 0 Å². The average Bonchev–Trinajstić information content (AvgIpc) is 2.65. The molecule has 0 aliphatic carbocycles. The van der Waals surface area contributed by atoms with E-state index in [9.17, 15) is 5.26 Å². The minimum absolute atomic E-state index is 0.160. The van der Waals surface area contributed by atoms with E-state index in [2.05, 4.69) is 64.2 Å². The third kappa shape index (κ3) is 5.34. The van der Waals surface area contributed by atoms with Crippen molar-refractivity contribution in [2.45, 2.75) is 57.2 Å². The van der Waals surface area contributed by atoms with E-state index in [-0.39, 0.29) is 5.04 Å². The molecular weight excluding hydrogens is 346 g/mol. The van der Waals surface area contributed by atoms with Gasteiger partial charge in [0.1, 0.15) is 0 Å². The van der Waals surface area contributed by atoms with E-state index in [1.807, 2.05) is 48.7 Å². The van der Waals surface area contributed by atoms with Gasteiger partial charge in [-0.05, 0) is 48.2 Å². The lowest BCUT2D eigenvalue weighted by atomic mass is 9.74. The molecule has 0 aliphatic rings. The van der Waals surface area contributed by atoms with Crippen LogP contribution < -0.4 is 0 Å². The predicted molar refractivity (Wildman–Crippen MR) is 116 cm³/mol. The van der Waals surface area contributed by atoms with Crippen molar-refractivity contribution >= 4 is 8.32 Å². The molecule has 0 fully saturated rings. The van der Waals surface area contributed by atoms with E-state index in [1.165, 1.54) is 5.56 Å². The van der Waals surface area contributed by atoms with Crippen molar-refractivity contribution in [3.8, 4) is 6.07 Å². The first-order valence-corrected chi connectivity index (χ1v) is 12.4. The number of allylic oxidation sites excluding steroid dienone is 1. The van der Waals surface area contributed by atoms with E-state index in [4.69, 9.17) is 4.43 Å². The molecule has 142 valence electrons. The fraction of sp³-hybridized carbons (Fsp3) is 0.375. The van der Waals surface area contributed by atoms with Crippen LogP contribution in [0.25, 0.3) is 0 Å². The Balaban J connectivity index is 2.26. The summed E-state index contributed by atoms with van der Waals surface area (Å²) in [7, 11) is -1.83. The van der Waals surface area contributed by atoms with Crippen molar-refractivity contribution < 1.29 is 4.43 Å². The summed E-state index contributed by atoms with van der Waals surface area (Å²) in [5.74, 6) is 0. The largest absolute Gasteiger partial charge is 0.549 e. The van der Waals surface area contributed by atoms with Crippen LogP contribution in [0.1, 0.15) is 38.3 Å². The molecule has 0 saturated carbocycles. The molecule has 1 atom stereocenters. The molecule has 2 aromatic rings. The summed E-state index contributed by atoms with van der Waals surface area (Å²) in [5, 5.41) is 10.3. The number of hydrogen-bond acceptors (Lipinski definition) is 2. The summed E-state index contributed by atoms with van der Waals surface area (Å²) >= 11 is 0. The zero-order valence-electron chi connectivity index (χ0n) is 17.2. The summed E-state index contributed by atoms with van der Waals surface area (Å²) in [6.45, 7) is 11.1. The highest BCUT2D eigenvalue weighted by Crippen LogP contribution is 2.37. The normalized spacial score (nSPS) is 14.5. The average molecular weight is 378 g/mol. The zero-order valence-corrected chi connectivity index (χ0v) is 18.2. The zero-order chi connectivity index (χ0) is 20.0. The summed E-state index contributed by atoms with van der Waals surface area (Å²) in [6.07, 6.45) is 5.16. The van der Waals surface area contributed by atoms with Gasteiger partial charge in [-0.15, -0.1) is 0 Å². The highest BCUT2D eigenvalue weighted by Gasteiger charge is 2.38. The number of rotatable bonds is 7. The number of benzene rings is 2. The van der Waals surface area contributed by atoms with Gasteiger partial charge in [0.05, 0.1) is 17.7 Å². The monoisotopic (exact) mass is 377 g/mol. The molecule has 3 heteroatoms. The van der Waals surface area contributed by atoms with Crippen LogP contribution in [0.5, 0.6) is 0 Å². The number of hydrogen-bond donors (Lipinski definition) is 0. The van der Waals surface area contributed by atoms with Gasteiger partial charge in [0.2, 0.25) is 8.32 Å². The van der Waals surface area contributed by atoms with Crippen LogP contribution in [-0.4, -0.2) is 8.32 Å². The van der Waals surface area contributed by atoms with Gasteiger partial charge >= 0.3 is 0 Å². The quantitative estimate of drug-likeness (QED) is 0.401. The van der Waals surface area contributed by atoms with E-state index in [1.54, 1.807) is 0 Å². The Morgan fingerprint density at radius 3 is 2.04 bits per heavy atom. The molecule has 2 rings (SSSR count). The lowest BCUT2D eigenvalue weighted by Gasteiger charge is -2.35. The molecule has 2 nitrogen and oxygen atoms in total. The van der Waals surface area contributed by atoms with Crippen LogP contribution >= 0.6 is 0 Å². The molecule has 27 heavy (non-hydrogen) atoms. The molecule has 0 radical (unpaired) electrons. The second kappa shape index (κ2) is 8.58. The second-order valence-corrected chi connectivity index (χ2v) is 13.4. The molecule has 0 bridgehead atoms. The van der Waals surface area contributed by atoms with Gasteiger partial charge in [-0.2, -0.15) is 5.26 Å². The highest BCUT2D eigenvalue weighted by atomic mass is 28.4. The van der Waals surface area contributed by atoms with Crippen molar-refractivity contribution in [2.24, 2.45) is 0 Å². The van der Waals surface area contributed by atoms with Crippen LogP contribution in [0.3, 0.4) is 0 Å². The van der Waals surface area contributed by atoms with Gasteiger partial charge in [0.25, 0.3) is 0 Å². The topological polar surface area (TPSA) is 33.0 Å². The standard InChI is InChI=1S/C24H31NOSi/c1-23(2,3)27(4,5)26-18-12-17-24(20-25,22-15-10-7-11-16-22)19-21-13-8-6-9-14-21/h6-16,18H,17,19H2,1-5H3/b18-12-. The first-order valence-electron chi connectivity index (χ1n) is 9.54. The maximum atomic E-state index is 10.2. The van der Waals surface area contributed by atoms with E-state index in [0.29, 0.717) is 12.8 Å². The van der Waals surface area contributed by atoms with Crippen molar-refractivity contribution in [1.29, 1.82) is 5.26 Å². The Hall–Kier alpha value is -2.31. The summed E-state index contributed by atoms with van der Waals surface area (Å²) in [4.78, 5) is 0. The maximum Gasteiger partial charge on any atom is 0.249 e. The number of nitrogens with zero attached hydrogens (tertiary/aromatic N) is 1. The van der Waals surface area contributed by atoms with Crippen molar-refractivity contribution in [2.75, 3.05) is 0 Å². The summed E-state index contributed by atoms with van der Waals surface area (Å²) in [6, 6.07) is 22.9. The Morgan fingerprint density at radius 2 is 1.52 bits per heavy atom. The van der Waals surface area contributed by atoms with Crippen LogP contribution in [0.2, 0.25) is 18.1 Å². The van der Waals surface area contributed by atoms with E-state index < -0.39 is 13.7 Å². The molecule has 2 aromatic carbocycles. The third-order valence-electron chi connectivity index (χ3n) is 5.62. The molecule has 0 N–H and O–H groups in total. The van der Waals surface area contributed by atoms with Crippen LogP contribution in [0, 0.1) is 11.3 Å². The van der Waals surface area contributed by atoms with Gasteiger partial charge in [0, 0.05) is 0 Å². The molecule has 0 aliphatic heterocycles. The molecule has 0 heterocycles. The van der Waals surface area contributed by atoms with Gasteiger partial charge < -0.3 is 4.43 Å². The van der Waals surface area contributed by atoms with Crippen LogP contribution in [-0.2, 0) is 16.3 Å². The molecule has 0 saturated heterocycles. The fourth-order valence-corrected chi connectivity index (χ4v) is 3.58. The minimum Gasteiger partial charge on any atom is -0.549 e. The molecule has 1 unspecified atom stereocenters. The summed E-state index contributed by atoms with van der Waals surface area (Å²) < 4.78 is 6.17. The minimum atomic E-state index is -1.83. The van der Waals surface area contributed by atoms with Crippen molar-refractivity contribution in [3.63, 3.8) is 0 Å². The van der Waals surface area contributed by atoms with Crippen molar-refractivity contribution in [3.05, 3.63) is 84.1 Å². The highest BCUT2D eigenvalue weighted by molar-refractivity contribution is 6.74. The van der Waals surface area contributed by atoms with Crippen molar-refractivity contribution in [1.82, 2.24) is 0 Å². The maximum absolute atomic E-state index is 10.2.